The van der Waals surface area contributed by atoms with Crippen molar-refractivity contribution in [2.24, 2.45) is 0 Å². The van der Waals surface area contributed by atoms with Gasteiger partial charge in [0.2, 0.25) is 0 Å². The van der Waals surface area contributed by atoms with Crippen LogP contribution < -0.4 is 5.32 Å². The van der Waals surface area contributed by atoms with E-state index in [2.05, 4.69) is 10.3 Å². The Morgan fingerprint density at radius 3 is 2.54 bits per heavy atom. The Balaban J connectivity index is 2.17. The fourth-order valence-electron chi connectivity index (χ4n) is 2.65. The minimum atomic E-state index is -3.52. The molecule has 0 aliphatic heterocycles. The largest absolute Gasteiger partial charge is 0.337 e. The summed E-state index contributed by atoms with van der Waals surface area (Å²) in [4.78, 5) is 14.9. The van der Waals surface area contributed by atoms with Gasteiger partial charge >= 0.3 is 0 Å². The lowest BCUT2D eigenvalue weighted by Crippen LogP contribution is -2.02. The van der Waals surface area contributed by atoms with Gasteiger partial charge in [-0.05, 0) is 37.3 Å². The van der Waals surface area contributed by atoms with E-state index in [9.17, 15) is 22.9 Å². The van der Waals surface area contributed by atoms with Crippen LogP contribution in [0.5, 0.6) is 0 Å². The van der Waals surface area contributed by atoms with Gasteiger partial charge in [0.05, 0.1) is 20.9 Å². The van der Waals surface area contributed by atoms with Crippen LogP contribution >= 0.6 is 0 Å². The second kappa shape index (κ2) is 6.34. The number of pyridine rings is 1. The molecule has 0 amide bonds. The number of nitro groups is 1. The van der Waals surface area contributed by atoms with E-state index in [1.807, 2.05) is 0 Å². The minimum absolute atomic E-state index is 0.0524. The van der Waals surface area contributed by atoms with Crippen molar-refractivity contribution in [2.75, 3.05) is 11.6 Å². The van der Waals surface area contributed by atoms with Crippen molar-refractivity contribution in [2.45, 2.75) is 11.8 Å². The number of hydrogen-bond acceptors (Lipinski definition) is 6. The predicted octanol–water partition coefficient (Wildman–Crippen LogP) is 3.74. The SMILES string of the molecule is Cc1ccc2c(Nc3cc(S(C)(=O)=O)ccc3F)nccc2c1[N+](=O)[O-]. The first kappa shape index (κ1) is 17.7. The summed E-state index contributed by atoms with van der Waals surface area (Å²) in [6, 6.07) is 8.10. The van der Waals surface area contributed by atoms with Crippen molar-refractivity contribution in [1.82, 2.24) is 4.98 Å². The molecule has 0 saturated heterocycles. The maximum atomic E-state index is 14.1. The molecule has 0 aliphatic carbocycles. The van der Waals surface area contributed by atoms with Gasteiger partial charge in [0.1, 0.15) is 11.6 Å². The van der Waals surface area contributed by atoms with Crippen molar-refractivity contribution in [3.63, 3.8) is 0 Å². The predicted molar refractivity (Wildman–Crippen MR) is 95.9 cm³/mol. The van der Waals surface area contributed by atoms with E-state index in [-0.39, 0.29) is 22.1 Å². The Bertz CT molecular complexity index is 1150. The van der Waals surface area contributed by atoms with E-state index in [1.165, 1.54) is 18.3 Å². The molecule has 0 radical (unpaired) electrons. The Kier molecular flexibility index (Phi) is 4.33. The van der Waals surface area contributed by atoms with Gasteiger partial charge in [-0.3, -0.25) is 10.1 Å². The molecule has 3 rings (SSSR count). The zero-order valence-electron chi connectivity index (χ0n) is 13.9. The molecule has 0 bridgehead atoms. The monoisotopic (exact) mass is 375 g/mol. The van der Waals surface area contributed by atoms with Gasteiger partial charge in [-0.15, -0.1) is 0 Å². The quantitative estimate of drug-likeness (QED) is 0.423. The van der Waals surface area contributed by atoms with E-state index in [0.29, 0.717) is 16.3 Å². The highest BCUT2D eigenvalue weighted by molar-refractivity contribution is 7.90. The van der Waals surface area contributed by atoms with Gasteiger partial charge in [-0.1, -0.05) is 6.07 Å². The molecule has 26 heavy (non-hydrogen) atoms. The second-order valence-electron chi connectivity index (χ2n) is 5.78. The maximum Gasteiger partial charge on any atom is 0.280 e. The van der Waals surface area contributed by atoms with Crippen molar-refractivity contribution in [3.05, 3.63) is 64.1 Å². The van der Waals surface area contributed by atoms with Gasteiger partial charge in [0, 0.05) is 23.4 Å². The van der Waals surface area contributed by atoms with Crippen LogP contribution in [0.3, 0.4) is 0 Å². The van der Waals surface area contributed by atoms with Gasteiger partial charge in [-0.25, -0.2) is 17.8 Å². The smallest absolute Gasteiger partial charge is 0.280 e. The highest BCUT2D eigenvalue weighted by Gasteiger charge is 2.18. The number of rotatable bonds is 4. The number of halogens is 1. The summed E-state index contributed by atoms with van der Waals surface area (Å²) in [5.41, 5.74) is 0.347. The summed E-state index contributed by atoms with van der Waals surface area (Å²) in [5, 5.41) is 14.9. The van der Waals surface area contributed by atoms with Crippen LogP contribution in [0.1, 0.15) is 5.56 Å². The van der Waals surface area contributed by atoms with Crippen LogP contribution in [0, 0.1) is 22.9 Å². The van der Waals surface area contributed by atoms with Crippen LogP contribution in [-0.4, -0.2) is 24.6 Å². The highest BCUT2D eigenvalue weighted by Crippen LogP contribution is 2.34. The molecule has 1 heterocycles. The molecule has 7 nitrogen and oxygen atoms in total. The lowest BCUT2D eigenvalue weighted by Gasteiger charge is -2.11. The third kappa shape index (κ3) is 3.21. The first-order valence-corrected chi connectivity index (χ1v) is 9.37. The number of hydrogen-bond donors (Lipinski definition) is 1. The van der Waals surface area contributed by atoms with Crippen LogP contribution in [0.15, 0.2) is 47.5 Å². The molecule has 0 unspecified atom stereocenters. The number of nitrogens with zero attached hydrogens (tertiary/aromatic N) is 2. The molecular formula is C17H14FN3O4S. The van der Waals surface area contributed by atoms with Gasteiger partial charge in [0.25, 0.3) is 5.69 Å². The molecular weight excluding hydrogens is 361 g/mol. The molecule has 0 saturated carbocycles. The number of nitro benzene ring substituents is 1. The lowest BCUT2D eigenvalue weighted by molar-refractivity contribution is -0.383. The number of anilines is 2. The summed E-state index contributed by atoms with van der Waals surface area (Å²) < 4.78 is 37.5. The number of aromatic nitrogens is 1. The molecule has 2 aromatic carbocycles. The van der Waals surface area contributed by atoms with Gasteiger partial charge in [-0.2, -0.15) is 0 Å². The van der Waals surface area contributed by atoms with Crippen molar-refractivity contribution < 1.29 is 17.7 Å². The molecule has 1 N–H and O–H groups in total. The molecule has 3 aromatic rings. The normalized spacial score (nSPS) is 11.5. The number of sulfone groups is 1. The molecule has 0 aliphatic rings. The Morgan fingerprint density at radius 2 is 1.88 bits per heavy atom. The molecule has 134 valence electrons. The Labute approximate surface area is 148 Å². The van der Waals surface area contributed by atoms with Crippen LogP contribution in [-0.2, 0) is 9.84 Å². The maximum absolute atomic E-state index is 14.1. The highest BCUT2D eigenvalue weighted by atomic mass is 32.2. The number of fused-ring (bicyclic) bond motifs is 1. The summed E-state index contributed by atoms with van der Waals surface area (Å²) >= 11 is 0. The summed E-state index contributed by atoms with van der Waals surface area (Å²) in [6.07, 6.45) is 2.39. The van der Waals surface area contributed by atoms with Crippen LogP contribution in [0.2, 0.25) is 0 Å². The van der Waals surface area contributed by atoms with Gasteiger partial charge < -0.3 is 5.32 Å². The average Bonchev–Trinajstić information content (AvgIpc) is 2.55. The van der Waals surface area contributed by atoms with E-state index < -0.39 is 20.6 Å². The van der Waals surface area contributed by atoms with E-state index in [0.717, 1.165) is 18.4 Å². The Morgan fingerprint density at radius 1 is 1.15 bits per heavy atom. The van der Waals surface area contributed by atoms with E-state index in [4.69, 9.17) is 0 Å². The second-order valence-corrected chi connectivity index (χ2v) is 7.80. The minimum Gasteiger partial charge on any atom is -0.337 e. The molecule has 0 atom stereocenters. The lowest BCUT2D eigenvalue weighted by atomic mass is 10.1. The van der Waals surface area contributed by atoms with Gasteiger partial charge in [0.15, 0.2) is 9.84 Å². The standard InChI is InChI=1S/C17H14FN3O4S/c1-10-3-5-13-12(16(10)21(22)23)7-8-19-17(13)20-15-9-11(26(2,24)25)4-6-14(15)18/h3-9H,1-2H3,(H,19,20). The van der Waals surface area contributed by atoms with Crippen molar-refractivity contribution in [1.29, 1.82) is 0 Å². The number of nitrogens with one attached hydrogen (secondary N) is 1. The van der Waals surface area contributed by atoms with E-state index in [1.54, 1.807) is 19.1 Å². The number of aryl methyl sites for hydroxylation is 1. The summed E-state index contributed by atoms with van der Waals surface area (Å²) in [6.45, 7) is 1.63. The summed E-state index contributed by atoms with van der Waals surface area (Å²) in [7, 11) is -3.52. The molecule has 9 heteroatoms. The third-order valence-corrected chi connectivity index (χ3v) is 5.03. The van der Waals surface area contributed by atoms with Crippen molar-refractivity contribution in [3.8, 4) is 0 Å². The topological polar surface area (TPSA) is 102 Å². The Hall–Kier alpha value is -3.07. The van der Waals surface area contributed by atoms with Crippen LogP contribution in [0.25, 0.3) is 10.8 Å². The molecule has 1 aromatic heterocycles. The first-order valence-electron chi connectivity index (χ1n) is 7.48. The summed E-state index contributed by atoms with van der Waals surface area (Å²) in [5.74, 6) is -0.479. The zero-order chi connectivity index (χ0) is 19.1. The zero-order valence-corrected chi connectivity index (χ0v) is 14.7. The average molecular weight is 375 g/mol. The first-order chi connectivity index (χ1) is 12.2. The fraction of sp³-hybridized carbons (Fsp3) is 0.118. The molecule has 0 fully saturated rings. The van der Waals surface area contributed by atoms with E-state index >= 15 is 0 Å². The van der Waals surface area contributed by atoms with Crippen molar-refractivity contribution >= 4 is 37.8 Å². The third-order valence-electron chi connectivity index (χ3n) is 3.92. The number of benzene rings is 2. The fourth-order valence-corrected chi connectivity index (χ4v) is 3.30. The van der Waals surface area contributed by atoms with Crippen LogP contribution in [0.4, 0.5) is 21.6 Å². The molecule has 0 spiro atoms.